The fourth-order valence-electron chi connectivity index (χ4n) is 0.816. The van der Waals surface area contributed by atoms with Crippen LogP contribution < -0.4 is 4.74 Å². The second kappa shape index (κ2) is 4.33. The number of hydrogen-bond acceptors (Lipinski definition) is 2. The van der Waals surface area contributed by atoms with Gasteiger partial charge in [-0.1, -0.05) is 0 Å². The Morgan fingerprint density at radius 3 is 2.57 bits per heavy atom. The SMILES string of the molecule is N#Cc1ccc(Br)c(OC(F)F)c1F. The van der Waals surface area contributed by atoms with Crippen LogP contribution >= 0.6 is 15.9 Å². The Hall–Kier alpha value is -1.22. The molecule has 0 heterocycles. The predicted molar refractivity (Wildman–Crippen MR) is 45.4 cm³/mol. The second-order valence-corrected chi connectivity index (χ2v) is 3.08. The van der Waals surface area contributed by atoms with Gasteiger partial charge >= 0.3 is 6.61 Å². The highest BCUT2D eigenvalue weighted by Crippen LogP contribution is 2.31. The van der Waals surface area contributed by atoms with Gasteiger partial charge < -0.3 is 4.74 Å². The van der Waals surface area contributed by atoms with E-state index < -0.39 is 18.2 Å². The summed E-state index contributed by atoms with van der Waals surface area (Å²) in [5, 5.41) is 8.42. The minimum Gasteiger partial charge on any atom is -0.430 e. The van der Waals surface area contributed by atoms with Gasteiger partial charge in [-0.25, -0.2) is 4.39 Å². The Kier molecular flexibility index (Phi) is 3.36. The molecule has 0 aromatic heterocycles. The van der Waals surface area contributed by atoms with Crippen LogP contribution in [-0.4, -0.2) is 6.61 Å². The Morgan fingerprint density at radius 1 is 1.43 bits per heavy atom. The highest BCUT2D eigenvalue weighted by Gasteiger charge is 2.16. The monoisotopic (exact) mass is 265 g/mol. The maximum absolute atomic E-state index is 13.2. The van der Waals surface area contributed by atoms with Crippen LogP contribution in [0.2, 0.25) is 0 Å². The van der Waals surface area contributed by atoms with E-state index in [1.807, 2.05) is 0 Å². The predicted octanol–water partition coefficient (Wildman–Crippen LogP) is 3.06. The van der Waals surface area contributed by atoms with E-state index >= 15 is 0 Å². The second-order valence-electron chi connectivity index (χ2n) is 2.23. The number of rotatable bonds is 2. The van der Waals surface area contributed by atoms with Crippen LogP contribution in [0.3, 0.4) is 0 Å². The van der Waals surface area contributed by atoms with Crippen molar-refractivity contribution < 1.29 is 17.9 Å². The minimum absolute atomic E-state index is 0.0364. The zero-order valence-corrected chi connectivity index (χ0v) is 8.19. The Morgan fingerprint density at radius 2 is 2.07 bits per heavy atom. The van der Waals surface area contributed by atoms with Crippen molar-refractivity contribution in [3.63, 3.8) is 0 Å². The summed E-state index contributed by atoms with van der Waals surface area (Å²) in [5.41, 5.74) is -0.344. The van der Waals surface area contributed by atoms with Crippen LogP contribution in [0.4, 0.5) is 13.2 Å². The summed E-state index contributed by atoms with van der Waals surface area (Å²) < 4.78 is 40.8. The molecule has 1 aromatic carbocycles. The topological polar surface area (TPSA) is 33.0 Å². The van der Waals surface area contributed by atoms with Gasteiger partial charge in [0, 0.05) is 0 Å². The molecule has 0 radical (unpaired) electrons. The molecule has 0 saturated carbocycles. The molecule has 0 spiro atoms. The van der Waals surface area contributed by atoms with Crippen molar-refractivity contribution in [2.75, 3.05) is 0 Å². The molecule has 0 unspecified atom stereocenters. The summed E-state index contributed by atoms with van der Waals surface area (Å²) in [6.45, 7) is -3.13. The van der Waals surface area contributed by atoms with E-state index in [1.165, 1.54) is 12.1 Å². The van der Waals surface area contributed by atoms with Gasteiger partial charge in [-0.15, -0.1) is 0 Å². The zero-order valence-electron chi connectivity index (χ0n) is 6.60. The van der Waals surface area contributed by atoms with Crippen molar-refractivity contribution >= 4 is 15.9 Å². The van der Waals surface area contributed by atoms with Crippen LogP contribution in [0.15, 0.2) is 16.6 Å². The van der Waals surface area contributed by atoms with Gasteiger partial charge in [0.15, 0.2) is 11.6 Å². The summed E-state index contributed by atoms with van der Waals surface area (Å²) in [5.74, 6) is -1.75. The lowest BCUT2D eigenvalue weighted by molar-refractivity contribution is -0.0527. The molecule has 0 fully saturated rings. The Bertz CT molecular complexity index is 389. The molecule has 74 valence electrons. The standard InChI is InChI=1S/C8H3BrF3NO/c9-5-2-1-4(3-13)6(10)7(5)14-8(11)12/h1-2,8H. The van der Waals surface area contributed by atoms with Crippen molar-refractivity contribution in [1.29, 1.82) is 5.26 Å². The normalized spacial score (nSPS) is 10.0. The third-order valence-electron chi connectivity index (χ3n) is 1.38. The van der Waals surface area contributed by atoms with Crippen LogP contribution in [0.1, 0.15) is 5.56 Å². The van der Waals surface area contributed by atoms with E-state index in [4.69, 9.17) is 5.26 Å². The molecule has 0 aliphatic rings. The van der Waals surface area contributed by atoms with E-state index in [2.05, 4.69) is 20.7 Å². The molecule has 0 aliphatic carbocycles. The molecule has 0 bridgehead atoms. The van der Waals surface area contributed by atoms with Crippen molar-refractivity contribution in [3.8, 4) is 11.8 Å². The average molecular weight is 266 g/mol. The van der Waals surface area contributed by atoms with Gasteiger partial charge in [0.05, 0.1) is 10.0 Å². The van der Waals surface area contributed by atoms with Crippen LogP contribution in [0.25, 0.3) is 0 Å². The average Bonchev–Trinajstić information content (AvgIpc) is 2.12. The fourth-order valence-corrected chi connectivity index (χ4v) is 1.22. The molecule has 0 N–H and O–H groups in total. The number of nitriles is 1. The van der Waals surface area contributed by atoms with Gasteiger partial charge in [-0.3, -0.25) is 0 Å². The first kappa shape index (κ1) is 10.9. The maximum atomic E-state index is 13.2. The van der Waals surface area contributed by atoms with Gasteiger partial charge in [0.2, 0.25) is 0 Å². The lowest BCUT2D eigenvalue weighted by Gasteiger charge is -2.08. The van der Waals surface area contributed by atoms with E-state index in [-0.39, 0.29) is 10.0 Å². The molecular formula is C8H3BrF3NO. The molecule has 0 amide bonds. The summed E-state index contributed by atoms with van der Waals surface area (Å²) >= 11 is 2.83. The molecule has 6 heteroatoms. The number of benzene rings is 1. The molecule has 14 heavy (non-hydrogen) atoms. The molecule has 0 saturated heterocycles. The third-order valence-corrected chi connectivity index (χ3v) is 2.00. The molecule has 1 rings (SSSR count). The van der Waals surface area contributed by atoms with Gasteiger partial charge in [0.1, 0.15) is 6.07 Å². The lowest BCUT2D eigenvalue weighted by Crippen LogP contribution is -2.05. The van der Waals surface area contributed by atoms with Gasteiger partial charge in [0.25, 0.3) is 0 Å². The molecular weight excluding hydrogens is 263 g/mol. The van der Waals surface area contributed by atoms with Crippen LogP contribution in [0, 0.1) is 17.1 Å². The van der Waals surface area contributed by atoms with Gasteiger partial charge in [-0.2, -0.15) is 14.0 Å². The van der Waals surface area contributed by atoms with Crippen molar-refractivity contribution in [2.24, 2.45) is 0 Å². The highest BCUT2D eigenvalue weighted by molar-refractivity contribution is 9.10. The number of alkyl halides is 2. The van der Waals surface area contributed by atoms with Gasteiger partial charge in [-0.05, 0) is 28.1 Å². The third kappa shape index (κ3) is 2.17. The lowest BCUT2D eigenvalue weighted by atomic mass is 10.2. The first-order chi connectivity index (χ1) is 6.56. The number of ether oxygens (including phenoxy) is 1. The number of halogens is 4. The fraction of sp³-hybridized carbons (Fsp3) is 0.125. The largest absolute Gasteiger partial charge is 0.430 e. The van der Waals surface area contributed by atoms with Crippen molar-refractivity contribution in [1.82, 2.24) is 0 Å². The van der Waals surface area contributed by atoms with Crippen molar-refractivity contribution in [2.45, 2.75) is 6.61 Å². The zero-order chi connectivity index (χ0) is 10.7. The minimum atomic E-state index is -3.13. The smallest absolute Gasteiger partial charge is 0.387 e. The molecule has 2 nitrogen and oxygen atoms in total. The molecule has 0 aliphatic heterocycles. The molecule has 0 atom stereocenters. The number of nitrogens with zero attached hydrogens (tertiary/aromatic N) is 1. The van der Waals surface area contributed by atoms with Crippen molar-refractivity contribution in [3.05, 3.63) is 28.0 Å². The summed E-state index contributed by atoms with van der Waals surface area (Å²) in [7, 11) is 0. The van der Waals surface area contributed by atoms with E-state index in [0.717, 1.165) is 6.07 Å². The van der Waals surface area contributed by atoms with E-state index in [1.54, 1.807) is 0 Å². The molecule has 1 aromatic rings. The first-order valence-electron chi connectivity index (χ1n) is 3.39. The Balaban J connectivity index is 3.20. The Labute approximate surface area is 86.0 Å². The van der Waals surface area contributed by atoms with E-state index in [9.17, 15) is 13.2 Å². The summed E-state index contributed by atoms with van der Waals surface area (Å²) in [4.78, 5) is 0. The van der Waals surface area contributed by atoms with Crippen LogP contribution in [-0.2, 0) is 0 Å². The van der Waals surface area contributed by atoms with E-state index in [0.29, 0.717) is 0 Å². The van der Waals surface area contributed by atoms with Crippen LogP contribution in [0.5, 0.6) is 5.75 Å². The maximum Gasteiger partial charge on any atom is 0.387 e. The first-order valence-corrected chi connectivity index (χ1v) is 4.18. The highest BCUT2D eigenvalue weighted by atomic mass is 79.9. The number of hydrogen-bond donors (Lipinski definition) is 0. The summed E-state index contributed by atoms with van der Waals surface area (Å²) in [6.07, 6.45) is 0. The quantitative estimate of drug-likeness (QED) is 0.824. The summed E-state index contributed by atoms with van der Waals surface area (Å²) in [6, 6.07) is 3.94.